The molecule has 0 saturated carbocycles. The Morgan fingerprint density at radius 2 is 1.67 bits per heavy atom. The number of likely N-dealkylation sites (tertiary alicyclic amines) is 1. The molecule has 27 heavy (non-hydrogen) atoms. The molecule has 0 unspecified atom stereocenters. The summed E-state index contributed by atoms with van der Waals surface area (Å²) < 4.78 is 0. The summed E-state index contributed by atoms with van der Waals surface area (Å²) in [5.41, 5.74) is 4.08. The van der Waals surface area contributed by atoms with Crippen molar-refractivity contribution >= 4 is 17.5 Å². The third-order valence-corrected chi connectivity index (χ3v) is 5.32. The molecule has 4 nitrogen and oxygen atoms in total. The summed E-state index contributed by atoms with van der Waals surface area (Å²) in [4.78, 5) is 11.5. The third kappa shape index (κ3) is 4.29. The molecule has 1 aromatic heterocycles. The first kappa shape index (κ1) is 18.0. The first-order chi connectivity index (χ1) is 13.2. The highest BCUT2D eigenvalue weighted by molar-refractivity contribution is 6.32. The van der Waals surface area contributed by atoms with Crippen molar-refractivity contribution in [1.29, 1.82) is 0 Å². The lowest BCUT2D eigenvalue weighted by molar-refractivity contribution is 0.263. The largest absolute Gasteiger partial charge is 0.351 e. The first-order valence-electron chi connectivity index (χ1n) is 9.32. The van der Waals surface area contributed by atoms with Gasteiger partial charge in [0.2, 0.25) is 5.95 Å². The zero-order valence-corrected chi connectivity index (χ0v) is 16.2. The van der Waals surface area contributed by atoms with Crippen molar-refractivity contribution in [3.63, 3.8) is 0 Å². The summed E-state index contributed by atoms with van der Waals surface area (Å²) in [5.74, 6) is 0.647. The van der Waals surface area contributed by atoms with Crippen LogP contribution in [0, 0.1) is 0 Å². The van der Waals surface area contributed by atoms with Gasteiger partial charge in [-0.25, -0.2) is 9.97 Å². The normalized spacial score (nSPS) is 15.6. The van der Waals surface area contributed by atoms with Crippen molar-refractivity contribution < 1.29 is 0 Å². The van der Waals surface area contributed by atoms with Crippen LogP contribution in [-0.4, -0.2) is 41.0 Å². The minimum Gasteiger partial charge on any atom is -0.351 e. The van der Waals surface area contributed by atoms with Crippen LogP contribution < -0.4 is 5.32 Å². The lowest BCUT2D eigenvalue weighted by Gasteiger charge is -2.29. The van der Waals surface area contributed by atoms with Crippen molar-refractivity contribution in [2.24, 2.45) is 0 Å². The molecular weight excluding hydrogens is 356 g/mol. The van der Waals surface area contributed by atoms with Gasteiger partial charge in [0.1, 0.15) is 0 Å². The summed E-state index contributed by atoms with van der Waals surface area (Å²) in [5, 5.41) is 4.04. The number of aromatic nitrogens is 2. The van der Waals surface area contributed by atoms with Gasteiger partial charge in [0.15, 0.2) is 0 Å². The molecule has 1 fully saturated rings. The molecule has 0 bridgehead atoms. The lowest BCUT2D eigenvalue weighted by atomic mass is 10.0. The molecule has 1 N–H and O–H groups in total. The lowest BCUT2D eigenvalue weighted by Crippen LogP contribution is -2.37. The maximum Gasteiger partial charge on any atom is 0.223 e. The van der Waals surface area contributed by atoms with Crippen LogP contribution in [0.3, 0.4) is 0 Å². The second-order valence-electron chi connectivity index (χ2n) is 7.06. The van der Waals surface area contributed by atoms with E-state index < -0.39 is 0 Å². The van der Waals surface area contributed by atoms with Crippen LogP contribution >= 0.6 is 11.6 Å². The van der Waals surface area contributed by atoms with E-state index in [1.165, 1.54) is 5.56 Å². The van der Waals surface area contributed by atoms with Crippen LogP contribution in [0.5, 0.6) is 0 Å². The SMILES string of the molecule is CN1CCC(Nc2ncc(Cl)c(-c3cccc(-c4ccccc4)c3)n2)CC1. The van der Waals surface area contributed by atoms with Crippen molar-refractivity contribution in [2.45, 2.75) is 18.9 Å². The number of hydrogen-bond donors (Lipinski definition) is 1. The molecule has 2 aromatic carbocycles. The summed E-state index contributed by atoms with van der Waals surface area (Å²) in [6.07, 6.45) is 3.89. The van der Waals surface area contributed by atoms with E-state index >= 15 is 0 Å². The number of hydrogen-bond acceptors (Lipinski definition) is 4. The number of anilines is 1. The van der Waals surface area contributed by atoms with Crippen LogP contribution in [-0.2, 0) is 0 Å². The topological polar surface area (TPSA) is 41.0 Å². The summed E-state index contributed by atoms with van der Waals surface area (Å²) in [6.45, 7) is 2.19. The van der Waals surface area contributed by atoms with Crippen LogP contribution in [0.1, 0.15) is 12.8 Å². The van der Waals surface area contributed by atoms with Gasteiger partial charge in [-0.05, 0) is 50.2 Å². The predicted molar refractivity (Wildman–Crippen MR) is 112 cm³/mol. The summed E-state index contributed by atoms with van der Waals surface area (Å²) in [6, 6.07) is 19.0. The highest BCUT2D eigenvalue weighted by Gasteiger charge is 2.18. The Hall–Kier alpha value is -2.43. The number of piperidine rings is 1. The third-order valence-electron chi connectivity index (χ3n) is 5.04. The molecule has 2 heterocycles. The number of halogens is 1. The van der Waals surface area contributed by atoms with Gasteiger partial charge in [0.05, 0.1) is 16.9 Å². The Balaban J connectivity index is 1.60. The Labute approximate surface area is 165 Å². The molecule has 4 rings (SSSR count). The van der Waals surface area contributed by atoms with Crippen molar-refractivity contribution in [3.8, 4) is 22.4 Å². The molecule has 0 radical (unpaired) electrons. The minimum atomic E-state index is 0.408. The molecule has 1 aliphatic rings. The quantitative estimate of drug-likeness (QED) is 0.695. The van der Waals surface area contributed by atoms with Crippen molar-refractivity contribution in [1.82, 2.24) is 14.9 Å². The standard InChI is InChI=1S/C22H23ClN4/c1-27-12-10-19(11-13-27)25-22-24-15-20(23)21(26-22)18-9-5-8-17(14-18)16-6-3-2-4-7-16/h2-9,14-15,19H,10-13H2,1H3,(H,24,25,26). The Morgan fingerprint density at radius 3 is 2.44 bits per heavy atom. The van der Waals surface area contributed by atoms with Crippen LogP contribution in [0.25, 0.3) is 22.4 Å². The second kappa shape index (κ2) is 8.07. The van der Waals surface area contributed by atoms with E-state index in [0.717, 1.165) is 42.8 Å². The van der Waals surface area contributed by atoms with Gasteiger partial charge in [0, 0.05) is 11.6 Å². The Morgan fingerprint density at radius 1 is 0.963 bits per heavy atom. The molecule has 1 saturated heterocycles. The minimum absolute atomic E-state index is 0.408. The fourth-order valence-corrected chi connectivity index (χ4v) is 3.65. The second-order valence-corrected chi connectivity index (χ2v) is 7.47. The zero-order valence-electron chi connectivity index (χ0n) is 15.4. The van der Waals surface area contributed by atoms with E-state index in [1.54, 1.807) is 6.20 Å². The highest BCUT2D eigenvalue weighted by atomic mass is 35.5. The Bertz CT molecular complexity index is 905. The number of nitrogens with zero attached hydrogens (tertiary/aromatic N) is 3. The summed E-state index contributed by atoms with van der Waals surface area (Å²) in [7, 11) is 2.16. The average molecular weight is 379 g/mol. The Kier molecular flexibility index (Phi) is 5.37. The molecule has 1 aliphatic heterocycles. The number of benzene rings is 2. The smallest absolute Gasteiger partial charge is 0.223 e. The fraction of sp³-hybridized carbons (Fsp3) is 0.273. The molecule has 138 valence electrons. The molecule has 5 heteroatoms. The zero-order chi connectivity index (χ0) is 18.6. The monoisotopic (exact) mass is 378 g/mol. The highest BCUT2D eigenvalue weighted by Crippen LogP contribution is 2.30. The molecule has 0 aliphatic carbocycles. The maximum atomic E-state index is 6.43. The molecular formula is C22H23ClN4. The van der Waals surface area contributed by atoms with Crippen molar-refractivity contribution in [2.75, 3.05) is 25.5 Å². The van der Waals surface area contributed by atoms with E-state index in [2.05, 4.69) is 46.5 Å². The van der Waals surface area contributed by atoms with E-state index in [4.69, 9.17) is 16.6 Å². The van der Waals surface area contributed by atoms with Gasteiger partial charge in [-0.2, -0.15) is 0 Å². The number of nitrogens with one attached hydrogen (secondary N) is 1. The molecule has 0 amide bonds. The van der Waals surface area contributed by atoms with Gasteiger partial charge in [-0.1, -0.05) is 60.1 Å². The van der Waals surface area contributed by atoms with Gasteiger partial charge in [-0.15, -0.1) is 0 Å². The number of rotatable bonds is 4. The molecule has 0 spiro atoms. The van der Waals surface area contributed by atoms with Gasteiger partial charge in [-0.3, -0.25) is 0 Å². The fourth-order valence-electron chi connectivity index (χ4n) is 3.45. The maximum absolute atomic E-state index is 6.43. The van der Waals surface area contributed by atoms with E-state index in [-0.39, 0.29) is 0 Å². The van der Waals surface area contributed by atoms with E-state index in [1.807, 2.05) is 30.3 Å². The van der Waals surface area contributed by atoms with Crippen LogP contribution in [0.4, 0.5) is 5.95 Å². The first-order valence-corrected chi connectivity index (χ1v) is 9.70. The molecule has 0 atom stereocenters. The predicted octanol–water partition coefficient (Wildman–Crippen LogP) is 4.97. The van der Waals surface area contributed by atoms with E-state index in [0.29, 0.717) is 17.0 Å². The molecule has 3 aromatic rings. The van der Waals surface area contributed by atoms with Gasteiger partial charge < -0.3 is 10.2 Å². The van der Waals surface area contributed by atoms with Crippen LogP contribution in [0.15, 0.2) is 60.8 Å². The van der Waals surface area contributed by atoms with Gasteiger partial charge >= 0.3 is 0 Å². The summed E-state index contributed by atoms with van der Waals surface area (Å²) >= 11 is 6.43. The van der Waals surface area contributed by atoms with Crippen LogP contribution in [0.2, 0.25) is 5.02 Å². The van der Waals surface area contributed by atoms with Gasteiger partial charge in [0.25, 0.3) is 0 Å². The van der Waals surface area contributed by atoms with E-state index in [9.17, 15) is 0 Å². The average Bonchev–Trinajstić information content (AvgIpc) is 2.72. The van der Waals surface area contributed by atoms with Crippen molar-refractivity contribution in [3.05, 3.63) is 65.8 Å².